The van der Waals surface area contributed by atoms with Crippen molar-refractivity contribution in [2.75, 3.05) is 6.54 Å². The maximum Gasteiger partial charge on any atom is 0.408 e. The summed E-state index contributed by atoms with van der Waals surface area (Å²) in [6.07, 6.45) is -4.57. The van der Waals surface area contributed by atoms with Gasteiger partial charge < -0.3 is 5.73 Å². The summed E-state index contributed by atoms with van der Waals surface area (Å²) >= 11 is 1.47. The number of nitrogens with two attached hydrogens (primary N) is 1. The third-order valence-corrected chi connectivity index (χ3v) is 5.94. The van der Waals surface area contributed by atoms with Gasteiger partial charge in [-0.2, -0.15) is 18.4 Å². The minimum Gasteiger partial charge on any atom is -0.368 e. The molecule has 1 amide bonds. The van der Waals surface area contributed by atoms with Crippen LogP contribution in [-0.4, -0.2) is 34.6 Å². The summed E-state index contributed by atoms with van der Waals surface area (Å²) in [5.74, 6) is -0.949. The Hall–Kier alpha value is -2.44. The monoisotopic (exact) mass is 438 g/mol. The van der Waals surface area contributed by atoms with Crippen LogP contribution < -0.4 is 5.73 Å². The van der Waals surface area contributed by atoms with E-state index in [1.165, 1.54) is 23.5 Å². The molecule has 0 spiro atoms. The Morgan fingerprint density at radius 2 is 1.87 bits per heavy atom. The lowest BCUT2D eigenvalue weighted by molar-refractivity contribution is -0.192. The molecule has 0 aliphatic carbocycles. The fourth-order valence-electron chi connectivity index (χ4n) is 3.30. The number of primary amides is 1. The average Bonchev–Trinajstić information content (AvgIpc) is 2.97. The van der Waals surface area contributed by atoms with E-state index in [0.29, 0.717) is 5.56 Å². The zero-order valence-corrected chi connectivity index (χ0v) is 18.1. The first-order valence-electron chi connectivity index (χ1n) is 9.48. The molecule has 0 saturated carbocycles. The molecular formula is C21H25F3N4OS. The Bertz CT molecular complexity index is 896. The van der Waals surface area contributed by atoms with Crippen molar-refractivity contribution in [3.05, 3.63) is 40.4 Å². The summed E-state index contributed by atoms with van der Waals surface area (Å²) in [7, 11) is 0. The zero-order chi connectivity index (χ0) is 22.6. The Morgan fingerprint density at radius 1 is 1.27 bits per heavy atom. The fourth-order valence-corrected chi connectivity index (χ4v) is 4.22. The van der Waals surface area contributed by atoms with Gasteiger partial charge in [0.15, 0.2) is 0 Å². The summed E-state index contributed by atoms with van der Waals surface area (Å²) in [6.45, 7) is 6.81. The van der Waals surface area contributed by atoms with Crippen molar-refractivity contribution in [3.63, 3.8) is 0 Å². The Labute approximate surface area is 178 Å². The van der Waals surface area contributed by atoms with E-state index in [1.807, 2.05) is 13.8 Å². The van der Waals surface area contributed by atoms with E-state index in [1.54, 1.807) is 32.0 Å². The van der Waals surface area contributed by atoms with E-state index in [0.717, 1.165) is 20.5 Å². The molecule has 0 radical (unpaired) electrons. The normalized spacial score (nSPS) is 14.0. The lowest BCUT2D eigenvalue weighted by Crippen LogP contribution is -2.51. The van der Waals surface area contributed by atoms with Gasteiger partial charge in [0.2, 0.25) is 5.91 Å². The molecule has 0 unspecified atom stereocenters. The largest absolute Gasteiger partial charge is 0.408 e. The highest BCUT2D eigenvalue weighted by Gasteiger charge is 2.47. The van der Waals surface area contributed by atoms with Gasteiger partial charge in [-0.15, -0.1) is 11.3 Å². The van der Waals surface area contributed by atoms with Crippen LogP contribution in [0.1, 0.15) is 42.4 Å². The SMILES string of the molecule is Cc1nc(-c2ccc([C@H](N(CC#N)[C@@H](CC(C)C)C(N)=O)C(F)(F)F)cc2)sc1C. The van der Waals surface area contributed by atoms with Gasteiger partial charge >= 0.3 is 6.18 Å². The minimum absolute atomic E-state index is 0.0542. The number of nitriles is 1. The summed E-state index contributed by atoms with van der Waals surface area (Å²) in [4.78, 5) is 18.3. The van der Waals surface area contributed by atoms with Gasteiger partial charge in [-0.1, -0.05) is 38.1 Å². The lowest BCUT2D eigenvalue weighted by Gasteiger charge is -2.37. The molecule has 1 aromatic heterocycles. The fraction of sp³-hybridized carbons (Fsp3) is 0.476. The first-order valence-corrected chi connectivity index (χ1v) is 10.3. The van der Waals surface area contributed by atoms with Gasteiger partial charge in [-0.05, 0) is 31.7 Å². The standard InChI is InChI=1S/C21H25F3N4OS/c1-12(2)11-17(19(26)29)28(10-9-25)18(21(22,23)24)15-5-7-16(8-6-15)20-27-13(3)14(4)30-20/h5-8,12,17-18H,10-11H2,1-4H3,(H2,26,29)/t17-,18-/m0/s1. The second kappa shape index (κ2) is 9.58. The molecule has 5 nitrogen and oxygen atoms in total. The van der Waals surface area contributed by atoms with Gasteiger partial charge in [0.1, 0.15) is 11.0 Å². The van der Waals surface area contributed by atoms with Crippen molar-refractivity contribution < 1.29 is 18.0 Å². The van der Waals surface area contributed by atoms with Crippen LogP contribution in [0.3, 0.4) is 0 Å². The predicted molar refractivity (Wildman–Crippen MR) is 111 cm³/mol. The number of carbonyl (C=O) groups is 1. The van der Waals surface area contributed by atoms with E-state index < -0.39 is 30.7 Å². The Morgan fingerprint density at radius 3 is 2.27 bits per heavy atom. The van der Waals surface area contributed by atoms with Gasteiger partial charge in [-0.25, -0.2) is 4.98 Å². The molecule has 2 rings (SSSR count). The van der Waals surface area contributed by atoms with Crippen LogP contribution in [0.25, 0.3) is 10.6 Å². The van der Waals surface area contributed by atoms with Crippen LogP contribution in [0.2, 0.25) is 0 Å². The van der Waals surface area contributed by atoms with Crippen molar-refractivity contribution in [3.8, 4) is 16.6 Å². The second-order valence-electron chi connectivity index (χ2n) is 7.60. The maximum absolute atomic E-state index is 14.1. The minimum atomic E-state index is -4.70. The number of hydrogen-bond donors (Lipinski definition) is 1. The van der Waals surface area contributed by atoms with Crippen LogP contribution in [0.5, 0.6) is 0 Å². The number of amides is 1. The molecule has 0 aliphatic rings. The third kappa shape index (κ3) is 5.58. The number of hydrogen-bond acceptors (Lipinski definition) is 5. The number of alkyl halides is 3. The van der Waals surface area contributed by atoms with Gasteiger partial charge in [-0.3, -0.25) is 9.69 Å². The predicted octanol–water partition coefficient (Wildman–Crippen LogP) is 4.76. The number of thiazole rings is 1. The molecule has 0 aliphatic heterocycles. The molecule has 1 heterocycles. The molecule has 30 heavy (non-hydrogen) atoms. The number of carbonyl (C=O) groups excluding carboxylic acids is 1. The molecule has 2 atom stereocenters. The van der Waals surface area contributed by atoms with E-state index in [2.05, 4.69) is 4.98 Å². The van der Waals surface area contributed by atoms with Gasteiger partial charge in [0, 0.05) is 10.4 Å². The topological polar surface area (TPSA) is 83.0 Å². The Kier molecular flexibility index (Phi) is 7.61. The van der Waals surface area contributed by atoms with E-state index in [4.69, 9.17) is 11.0 Å². The number of aromatic nitrogens is 1. The average molecular weight is 439 g/mol. The maximum atomic E-state index is 14.1. The summed E-state index contributed by atoms with van der Waals surface area (Å²) in [5, 5.41) is 9.89. The van der Waals surface area contributed by atoms with E-state index in [9.17, 15) is 18.0 Å². The van der Waals surface area contributed by atoms with Crippen LogP contribution in [-0.2, 0) is 4.79 Å². The summed E-state index contributed by atoms with van der Waals surface area (Å²) < 4.78 is 42.3. The molecule has 0 fully saturated rings. The highest BCUT2D eigenvalue weighted by Crippen LogP contribution is 2.40. The van der Waals surface area contributed by atoms with Crippen molar-refractivity contribution in [1.82, 2.24) is 9.88 Å². The lowest BCUT2D eigenvalue weighted by atomic mass is 9.96. The first kappa shape index (κ1) is 23.8. The summed E-state index contributed by atoms with van der Waals surface area (Å²) in [6, 6.07) is 4.33. The molecule has 0 saturated heterocycles. The number of nitrogens with zero attached hydrogens (tertiary/aromatic N) is 3. The third-order valence-electron chi connectivity index (χ3n) is 4.82. The highest BCUT2D eigenvalue weighted by atomic mass is 32.1. The quantitative estimate of drug-likeness (QED) is 0.603. The van der Waals surface area contributed by atoms with Gasteiger partial charge in [0.05, 0.1) is 24.3 Å². The first-order chi connectivity index (χ1) is 14.0. The van der Waals surface area contributed by atoms with E-state index in [-0.39, 0.29) is 17.9 Å². The van der Waals surface area contributed by atoms with E-state index >= 15 is 0 Å². The van der Waals surface area contributed by atoms with Crippen molar-refractivity contribution in [1.29, 1.82) is 5.26 Å². The number of rotatable bonds is 8. The highest BCUT2D eigenvalue weighted by molar-refractivity contribution is 7.15. The van der Waals surface area contributed by atoms with Crippen LogP contribution in [0.15, 0.2) is 24.3 Å². The molecular weight excluding hydrogens is 413 g/mol. The molecule has 9 heteroatoms. The number of aryl methyl sites for hydroxylation is 2. The molecule has 2 aromatic rings. The zero-order valence-electron chi connectivity index (χ0n) is 17.3. The molecule has 1 aromatic carbocycles. The summed E-state index contributed by atoms with van der Waals surface area (Å²) in [5.41, 5.74) is 6.96. The molecule has 0 bridgehead atoms. The number of benzene rings is 1. The van der Waals surface area contributed by atoms with Crippen molar-refractivity contribution in [2.45, 2.75) is 52.4 Å². The number of halogens is 3. The van der Waals surface area contributed by atoms with Crippen LogP contribution >= 0.6 is 11.3 Å². The second-order valence-corrected chi connectivity index (χ2v) is 8.81. The molecule has 2 N–H and O–H groups in total. The Balaban J connectivity index is 2.49. The molecule has 162 valence electrons. The van der Waals surface area contributed by atoms with Gasteiger partial charge in [0.25, 0.3) is 0 Å². The smallest absolute Gasteiger partial charge is 0.368 e. The van der Waals surface area contributed by atoms with Crippen LogP contribution in [0.4, 0.5) is 13.2 Å². The van der Waals surface area contributed by atoms with Crippen molar-refractivity contribution in [2.24, 2.45) is 11.7 Å². The van der Waals surface area contributed by atoms with Crippen LogP contribution in [0, 0.1) is 31.1 Å². The van der Waals surface area contributed by atoms with Crippen molar-refractivity contribution >= 4 is 17.2 Å².